The molecule has 1 atom stereocenters. The Kier molecular flexibility index (Phi) is 7.44. The lowest BCUT2D eigenvalue weighted by molar-refractivity contribution is -0.119. The van der Waals surface area contributed by atoms with Crippen LogP contribution in [0.5, 0.6) is 0 Å². The van der Waals surface area contributed by atoms with Gasteiger partial charge in [0.1, 0.15) is 0 Å². The molecule has 1 heterocycles. The fraction of sp³-hybridized carbons (Fsp3) is 0.360. The number of carbonyl (C=O) groups is 2. The van der Waals surface area contributed by atoms with E-state index in [2.05, 4.69) is 10.6 Å². The third-order valence-electron chi connectivity index (χ3n) is 5.90. The van der Waals surface area contributed by atoms with Crippen molar-refractivity contribution >= 4 is 34.6 Å². The standard InChI is InChI=1S/C25H28N4O3S/c1-17(22(30)28-24(32)26-16-18-10-4-2-5-11-18)33-25-27-21-15-9-8-14-20(21)23(31)29(25)19-12-6-3-7-13-19/h2,4-5,8-11,14-15,17,19H,3,6-7,12-13,16H2,1H3,(H2,26,28,30,32). The van der Waals surface area contributed by atoms with E-state index in [1.165, 1.54) is 18.2 Å². The number of urea groups is 1. The van der Waals surface area contributed by atoms with Crippen molar-refractivity contribution in [2.75, 3.05) is 0 Å². The maximum Gasteiger partial charge on any atom is 0.321 e. The molecule has 1 saturated carbocycles. The molecule has 0 aliphatic heterocycles. The topological polar surface area (TPSA) is 93.1 Å². The Morgan fingerprint density at radius 2 is 1.76 bits per heavy atom. The Labute approximate surface area is 197 Å². The summed E-state index contributed by atoms with van der Waals surface area (Å²) in [6, 6.07) is 16.3. The number of nitrogens with zero attached hydrogens (tertiary/aromatic N) is 2. The molecule has 1 fully saturated rings. The first-order valence-electron chi connectivity index (χ1n) is 11.3. The minimum absolute atomic E-state index is 0.0665. The van der Waals surface area contributed by atoms with Crippen LogP contribution in [0, 0.1) is 0 Å². The van der Waals surface area contributed by atoms with Crippen LogP contribution in [0.25, 0.3) is 10.9 Å². The first-order chi connectivity index (χ1) is 16.0. The monoisotopic (exact) mass is 464 g/mol. The highest BCUT2D eigenvalue weighted by Crippen LogP contribution is 2.32. The molecule has 1 aliphatic rings. The molecule has 2 N–H and O–H groups in total. The van der Waals surface area contributed by atoms with Gasteiger partial charge in [0.25, 0.3) is 5.56 Å². The average molecular weight is 465 g/mol. The van der Waals surface area contributed by atoms with Crippen LogP contribution >= 0.6 is 11.8 Å². The van der Waals surface area contributed by atoms with Crippen LogP contribution in [0.1, 0.15) is 50.6 Å². The van der Waals surface area contributed by atoms with Crippen molar-refractivity contribution in [1.29, 1.82) is 0 Å². The van der Waals surface area contributed by atoms with E-state index in [4.69, 9.17) is 4.98 Å². The molecular weight excluding hydrogens is 436 g/mol. The van der Waals surface area contributed by atoms with Crippen molar-refractivity contribution in [2.45, 2.75) is 62.0 Å². The number of imide groups is 1. The lowest BCUT2D eigenvalue weighted by Crippen LogP contribution is -2.42. The van der Waals surface area contributed by atoms with Crippen molar-refractivity contribution in [3.05, 3.63) is 70.5 Å². The number of thioether (sulfide) groups is 1. The molecule has 0 bridgehead atoms. The van der Waals surface area contributed by atoms with E-state index in [0.29, 0.717) is 22.6 Å². The molecule has 33 heavy (non-hydrogen) atoms. The van der Waals surface area contributed by atoms with Crippen LogP contribution < -0.4 is 16.2 Å². The number of para-hydroxylation sites is 1. The quantitative estimate of drug-likeness (QED) is 0.416. The molecule has 172 valence electrons. The molecular formula is C25H28N4O3S. The van der Waals surface area contributed by atoms with Crippen molar-refractivity contribution in [1.82, 2.24) is 20.2 Å². The SMILES string of the molecule is CC(Sc1nc2ccccc2c(=O)n1C1CCCCC1)C(=O)NC(=O)NCc1ccccc1. The van der Waals surface area contributed by atoms with E-state index < -0.39 is 17.2 Å². The van der Waals surface area contributed by atoms with Gasteiger partial charge in [0.15, 0.2) is 5.16 Å². The highest BCUT2D eigenvalue weighted by Gasteiger charge is 2.25. The summed E-state index contributed by atoms with van der Waals surface area (Å²) in [5.74, 6) is -0.428. The number of carbonyl (C=O) groups excluding carboxylic acids is 2. The van der Waals surface area contributed by atoms with Crippen LogP contribution in [-0.4, -0.2) is 26.7 Å². The van der Waals surface area contributed by atoms with Gasteiger partial charge in [0.2, 0.25) is 5.91 Å². The van der Waals surface area contributed by atoms with E-state index in [1.807, 2.05) is 48.5 Å². The molecule has 7 nitrogen and oxygen atoms in total. The molecule has 1 aliphatic carbocycles. The molecule has 1 aromatic heterocycles. The lowest BCUT2D eigenvalue weighted by atomic mass is 9.95. The minimum Gasteiger partial charge on any atom is -0.334 e. The zero-order valence-corrected chi connectivity index (χ0v) is 19.4. The number of hydrogen-bond donors (Lipinski definition) is 2. The Morgan fingerprint density at radius 1 is 1.06 bits per heavy atom. The summed E-state index contributed by atoms with van der Waals surface area (Å²) in [6.45, 7) is 2.05. The highest BCUT2D eigenvalue weighted by molar-refractivity contribution is 8.00. The van der Waals surface area contributed by atoms with Crippen LogP contribution in [0.4, 0.5) is 4.79 Å². The Balaban J connectivity index is 1.49. The molecule has 0 saturated heterocycles. The molecule has 0 radical (unpaired) electrons. The molecule has 1 unspecified atom stereocenters. The number of fused-ring (bicyclic) bond motifs is 1. The van der Waals surface area contributed by atoms with Gasteiger partial charge in [-0.25, -0.2) is 9.78 Å². The summed E-state index contributed by atoms with van der Waals surface area (Å²) in [6.07, 6.45) is 5.18. The second-order valence-electron chi connectivity index (χ2n) is 8.30. The fourth-order valence-corrected chi connectivity index (χ4v) is 5.10. The summed E-state index contributed by atoms with van der Waals surface area (Å²) >= 11 is 1.22. The number of rotatable bonds is 6. The van der Waals surface area contributed by atoms with Crippen LogP contribution in [0.2, 0.25) is 0 Å². The van der Waals surface area contributed by atoms with Crippen LogP contribution in [0.15, 0.2) is 64.5 Å². The zero-order valence-electron chi connectivity index (χ0n) is 18.6. The maximum atomic E-state index is 13.3. The number of benzene rings is 2. The molecule has 3 aromatic rings. The molecule has 8 heteroatoms. The summed E-state index contributed by atoms with van der Waals surface area (Å²) in [5.41, 5.74) is 1.49. The number of nitrogens with one attached hydrogen (secondary N) is 2. The van der Waals surface area contributed by atoms with E-state index in [1.54, 1.807) is 17.6 Å². The van der Waals surface area contributed by atoms with Crippen molar-refractivity contribution in [3.8, 4) is 0 Å². The summed E-state index contributed by atoms with van der Waals surface area (Å²) in [5, 5.41) is 5.60. The lowest BCUT2D eigenvalue weighted by Gasteiger charge is -2.26. The fourth-order valence-electron chi connectivity index (χ4n) is 4.12. The predicted molar refractivity (Wildman–Crippen MR) is 130 cm³/mol. The van der Waals surface area contributed by atoms with Crippen molar-refractivity contribution in [2.24, 2.45) is 0 Å². The molecule has 2 aromatic carbocycles. The Morgan fingerprint density at radius 3 is 2.52 bits per heavy atom. The number of hydrogen-bond acceptors (Lipinski definition) is 5. The van der Waals surface area contributed by atoms with Gasteiger partial charge in [0.05, 0.1) is 16.2 Å². The normalized spacial score (nSPS) is 15.2. The van der Waals surface area contributed by atoms with Gasteiger partial charge in [-0.3, -0.25) is 19.5 Å². The van der Waals surface area contributed by atoms with E-state index in [9.17, 15) is 14.4 Å². The van der Waals surface area contributed by atoms with Crippen molar-refractivity contribution < 1.29 is 9.59 Å². The highest BCUT2D eigenvalue weighted by atomic mass is 32.2. The van der Waals surface area contributed by atoms with E-state index in [-0.39, 0.29) is 11.6 Å². The second kappa shape index (κ2) is 10.7. The van der Waals surface area contributed by atoms with Gasteiger partial charge in [-0.15, -0.1) is 0 Å². The summed E-state index contributed by atoms with van der Waals surface area (Å²) in [7, 11) is 0. The van der Waals surface area contributed by atoms with Crippen LogP contribution in [-0.2, 0) is 11.3 Å². The number of amides is 3. The first-order valence-corrected chi connectivity index (χ1v) is 12.2. The minimum atomic E-state index is -0.602. The largest absolute Gasteiger partial charge is 0.334 e. The van der Waals surface area contributed by atoms with E-state index in [0.717, 1.165) is 31.2 Å². The van der Waals surface area contributed by atoms with Gasteiger partial charge in [-0.2, -0.15) is 0 Å². The van der Waals surface area contributed by atoms with Gasteiger partial charge in [0, 0.05) is 12.6 Å². The summed E-state index contributed by atoms with van der Waals surface area (Å²) < 4.78 is 1.77. The molecule has 4 rings (SSSR count). The van der Waals surface area contributed by atoms with Crippen LogP contribution in [0.3, 0.4) is 0 Å². The van der Waals surface area contributed by atoms with Gasteiger partial charge >= 0.3 is 6.03 Å². The maximum absolute atomic E-state index is 13.3. The van der Waals surface area contributed by atoms with Gasteiger partial charge in [-0.05, 0) is 37.5 Å². The second-order valence-corrected chi connectivity index (χ2v) is 9.60. The third kappa shape index (κ3) is 5.63. The van der Waals surface area contributed by atoms with Gasteiger partial charge in [-0.1, -0.05) is 73.5 Å². The smallest absolute Gasteiger partial charge is 0.321 e. The predicted octanol–water partition coefficient (Wildman–Crippen LogP) is 4.41. The Hall–Kier alpha value is -3.13. The molecule has 0 spiro atoms. The zero-order chi connectivity index (χ0) is 23.2. The molecule has 3 amide bonds. The van der Waals surface area contributed by atoms with E-state index >= 15 is 0 Å². The van der Waals surface area contributed by atoms with Crippen molar-refractivity contribution in [3.63, 3.8) is 0 Å². The average Bonchev–Trinajstić information content (AvgIpc) is 2.84. The van der Waals surface area contributed by atoms with Gasteiger partial charge < -0.3 is 5.32 Å². The third-order valence-corrected chi connectivity index (χ3v) is 6.97. The first kappa shape index (κ1) is 23.0. The number of aromatic nitrogens is 2. The summed E-state index contributed by atoms with van der Waals surface area (Å²) in [4.78, 5) is 43.0. The Bertz CT molecular complexity index is 1190.